The molecule has 0 unspecified atom stereocenters. The molecule has 0 amide bonds. The first-order valence-electron chi connectivity index (χ1n) is 5.92. The van der Waals surface area contributed by atoms with Gasteiger partial charge in [-0.3, -0.25) is 4.98 Å². The van der Waals surface area contributed by atoms with Crippen LogP contribution in [0.5, 0.6) is 0 Å². The minimum atomic E-state index is -0.321. The van der Waals surface area contributed by atoms with Crippen LogP contribution in [0.1, 0.15) is 53.7 Å². The van der Waals surface area contributed by atoms with Crippen molar-refractivity contribution in [2.75, 3.05) is 0 Å². The normalized spacial score (nSPS) is 21.9. The molecule has 2 heterocycles. The summed E-state index contributed by atoms with van der Waals surface area (Å²) in [4.78, 5) is 16.1. The summed E-state index contributed by atoms with van der Waals surface area (Å²) in [5.41, 5.74) is 2.26. The van der Waals surface area contributed by atoms with Crippen molar-refractivity contribution in [1.29, 1.82) is 0 Å². The van der Waals surface area contributed by atoms with Crippen LogP contribution in [0.4, 0.5) is 0 Å². The SMILES string of the molecule is Cc1nccc2c1C(=O)OC21CCCCC1. The third-order valence-electron chi connectivity index (χ3n) is 3.78. The third kappa shape index (κ3) is 1.20. The Kier molecular flexibility index (Phi) is 2.03. The van der Waals surface area contributed by atoms with Gasteiger partial charge in [0.05, 0.1) is 11.3 Å². The molecule has 2 aliphatic rings. The van der Waals surface area contributed by atoms with Gasteiger partial charge in [0, 0.05) is 11.8 Å². The number of hydrogen-bond acceptors (Lipinski definition) is 3. The second kappa shape index (κ2) is 3.30. The number of carbonyl (C=O) groups excluding carboxylic acids is 1. The lowest BCUT2D eigenvalue weighted by atomic mass is 9.79. The van der Waals surface area contributed by atoms with Crippen molar-refractivity contribution in [2.24, 2.45) is 0 Å². The Morgan fingerprint density at radius 1 is 1.31 bits per heavy atom. The molecule has 0 bridgehead atoms. The topological polar surface area (TPSA) is 39.2 Å². The molecule has 0 saturated heterocycles. The molecule has 3 nitrogen and oxygen atoms in total. The lowest BCUT2D eigenvalue weighted by molar-refractivity contribution is -0.0280. The fourth-order valence-corrected chi connectivity index (χ4v) is 2.98. The lowest BCUT2D eigenvalue weighted by Gasteiger charge is -2.32. The fourth-order valence-electron chi connectivity index (χ4n) is 2.98. The number of rotatable bonds is 0. The van der Waals surface area contributed by atoms with Gasteiger partial charge in [-0.05, 0) is 38.7 Å². The zero-order chi connectivity index (χ0) is 11.2. The van der Waals surface area contributed by atoms with Gasteiger partial charge < -0.3 is 4.74 Å². The second-order valence-electron chi connectivity index (χ2n) is 4.76. The van der Waals surface area contributed by atoms with Crippen LogP contribution in [0.2, 0.25) is 0 Å². The van der Waals surface area contributed by atoms with Gasteiger partial charge in [0.1, 0.15) is 5.60 Å². The maximum absolute atomic E-state index is 11.9. The van der Waals surface area contributed by atoms with Crippen LogP contribution in [-0.2, 0) is 10.3 Å². The summed E-state index contributed by atoms with van der Waals surface area (Å²) < 4.78 is 5.66. The van der Waals surface area contributed by atoms with Gasteiger partial charge in [0.2, 0.25) is 0 Å². The van der Waals surface area contributed by atoms with Gasteiger partial charge in [-0.15, -0.1) is 0 Å². The van der Waals surface area contributed by atoms with Gasteiger partial charge in [0.15, 0.2) is 0 Å². The molecule has 3 rings (SSSR count). The van der Waals surface area contributed by atoms with Crippen LogP contribution in [-0.4, -0.2) is 11.0 Å². The van der Waals surface area contributed by atoms with E-state index in [1.54, 1.807) is 6.20 Å². The standard InChI is InChI=1S/C13H15NO2/c1-9-11-10(5-8-14-9)13(16-12(11)15)6-3-2-4-7-13/h5,8H,2-4,6-7H2,1H3. The number of ether oxygens (including phenoxy) is 1. The molecule has 1 aliphatic heterocycles. The average Bonchev–Trinajstić information content (AvgIpc) is 2.55. The maximum atomic E-state index is 11.9. The summed E-state index contributed by atoms with van der Waals surface area (Å²) in [5, 5.41) is 0. The summed E-state index contributed by atoms with van der Waals surface area (Å²) in [6.45, 7) is 1.88. The largest absolute Gasteiger partial charge is 0.450 e. The zero-order valence-electron chi connectivity index (χ0n) is 9.45. The highest BCUT2D eigenvalue weighted by atomic mass is 16.6. The molecule has 0 radical (unpaired) electrons. The molecule has 1 fully saturated rings. The molecule has 0 N–H and O–H groups in total. The fraction of sp³-hybridized carbons (Fsp3) is 0.538. The molecule has 1 spiro atoms. The lowest BCUT2D eigenvalue weighted by Crippen LogP contribution is -2.28. The first kappa shape index (κ1) is 9.82. The highest BCUT2D eigenvalue weighted by Crippen LogP contribution is 2.46. The summed E-state index contributed by atoms with van der Waals surface area (Å²) in [7, 11) is 0. The van der Waals surface area contributed by atoms with Gasteiger partial charge in [-0.2, -0.15) is 0 Å². The minimum Gasteiger partial charge on any atom is -0.450 e. The molecule has 0 atom stereocenters. The number of hydrogen-bond donors (Lipinski definition) is 0. The summed E-state index contributed by atoms with van der Waals surface area (Å²) >= 11 is 0. The number of pyridine rings is 1. The van der Waals surface area contributed by atoms with E-state index < -0.39 is 0 Å². The van der Waals surface area contributed by atoms with Crippen LogP contribution in [0, 0.1) is 6.92 Å². The van der Waals surface area contributed by atoms with Gasteiger partial charge in [-0.1, -0.05) is 6.42 Å². The van der Waals surface area contributed by atoms with Crippen molar-refractivity contribution < 1.29 is 9.53 Å². The number of esters is 1. The van der Waals surface area contributed by atoms with Crippen molar-refractivity contribution in [3.05, 3.63) is 29.1 Å². The summed E-state index contributed by atoms with van der Waals surface area (Å²) in [6.07, 6.45) is 7.26. The van der Waals surface area contributed by atoms with E-state index in [9.17, 15) is 4.79 Å². The highest BCUT2D eigenvalue weighted by molar-refractivity contribution is 5.95. The Balaban J connectivity index is 2.14. The van der Waals surface area contributed by atoms with E-state index in [0.29, 0.717) is 5.56 Å². The van der Waals surface area contributed by atoms with Crippen LogP contribution in [0.25, 0.3) is 0 Å². The van der Waals surface area contributed by atoms with Crippen LogP contribution in [0.15, 0.2) is 12.3 Å². The van der Waals surface area contributed by atoms with E-state index in [-0.39, 0.29) is 11.6 Å². The smallest absolute Gasteiger partial charge is 0.341 e. The minimum absolute atomic E-state index is 0.178. The number of nitrogens with zero attached hydrogens (tertiary/aromatic N) is 1. The van der Waals surface area contributed by atoms with Crippen LogP contribution < -0.4 is 0 Å². The van der Waals surface area contributed by atoms with Crippen molar-refractivity contribution >= 4 is 5.97 Å². The summed E-state index contributed by atoms with van der Waals surface area (Å²) in [5.74, 6) is -0.178. The Hall–Kier alpha value is -1.38. The highest BCUT2D eigenvalue weighted by Gasteiger charge is 2.46. The Labute approximate surface area is 94.8 Å². The molecular formula is C13H15NO2. The molecule has 84 valence electrons. The van der Waals surface area contributed by atoms with Gasteiger partial charge in [0.25, 0.3) is 0 Å². The molecule has 3 heteroatoms. The third-order valence-corrected chi connectivity index (χ3v) is 3.78. The van der Waals surface area contributed by atoms with Crippen molar-refractivity contribution in [2.45, 2.75) is 44.6 Å². The van der Waals surface area contributed by atoms with Crippen molar-refractivity contribution in [3.8, 4) is 0 Å². The molecule has 1 aromatic heterocycles. The quantitative estimate of drug-likeness (QED) is 0.627. The predicted molar refractivity (Wildman–Crippen MR) is 59.2 cm³/mol. The molecule has 1 aromatic rings. The van der Waals surface area contributed by atoms with Gasteiger partial charge >= 0.3 is 5.97 Å². The number of aryl methyl sites for hydroxylation is 1. The van der Waals surface area contributed by atoms with E-state index in [1.165, 1.54) is 6.42 Å². The molecular weight excluding hydrogens is 202 g/mol. The van der Waals surface area contributed by atoms with Gasteiger partial charge in [-0.25, -0.2) is 4.79 Å². The zero-order valence-corrected chi connectivity index (χ0v) is 9.45. The number of aromatic nitrogens is 1. The van der Waals surface area contributed by atoms with Crippen LogP contribution >= 0.6 is 0 Å². The monoisotopic (exact) mass is 217 g/mol. The molecule has 16 heavy (non-hydrogen) atoms. The van der Waals surface area contributed by atoms with Crippen molar-refractivity contribution in [1.82, 2.24) is 4.98 Å². The maximum Gasteiger partial charge on any atom is 0.341 e. The van der Waals surface area contributed by atoms with E-state index in [4.69, 9.17) is 4.74 Å². The molecule has 1 saturated carbocycles. The Morgan fingerprint density at radius 2 is 2.06 bits per heavy atom. The first-order valence-corrected chi connectivity index (χ1v) is 5.92. The average molecular weight is 217 g/mol. The first-order chi connectivity index (χ1) is 7.73. The summed E-state index contributed by atoms with van der Waals surface area (Å²) in [6, 6.07) is 1.96. The van der Waals surface area contributed by atoms with E-state index in [2.05, 4.69) is 4.98 Å². The second-order valence-corrected chi connectivity index (χ2v) is 4.76. The number of carbonyl (C=O) groups is 1. The Morgan fingerprint density at radius 3 is 2.81 bits per heavy atom. The molecule has 1 aliphatic carbocycles. The Bertz CT molecular complexity index is 447. The molecule has 0 aromatic carbocycles. The predicted octanol–water partition coefficient (Wildman–Crippen LogP) is 2.72. The van der Waals surface area contributed by atoms with Crippen LogP contribution in [0.3, 0.4) is 0 Å². The van der Waals surface area contributed by atoms with E-state index in [1.807, 2.05) is 13.0 Å². The number of fused-ring (bicyclic) bond motifs is 2. The van der Waals surface area contributed by atoms with E-state index in [0.717, 1.165) is 36.9 Å². The van der Waals surface area contributed by atoms with E-state index >= 15 is 0 Å². The van der Waals surface area contributed by atoms with Crippen molar-refractivity contribution in [3.63, 3.8) is 0 Å².